The van der Waals surface area contributed by atoms with Crippen LogP contribution in [0, 0.1) is 5.92 Å². The minimum atomic E-state index is -0.828. The molecule has 1 aliphatic carbocycles. The Labute approximate surface area is 116 Å². The molecule has 0 aliphatic heterocycles. The summed E-state index contributed by atoms with van der Waals surface area (Å²) in [6, 6.07) is 4.23. The molecule has 6 nitrogen and oxygen atoms in total. The predicted octanol–water partition coefficient (Wildman–Crippen LogP) is 1.38. The van der Waals surface area contributed by atoms with Gasteiger partial charge >= 0.3 is 5.97 Å². The number of methoxy groups -OCH3 is 1. The van der Waals surface area contributed by atoms with Crippen LogP contribution in [0.15, 0.2) is 18.2 Å². The number of rotatable bonds is 4. The number of carboxylic acid groups (broad SMARTS) is 1. The van der Waals surface area contributed by atoms with Gasteiger partial charge in [-0.15, -0.1) is 0 Å². The minimum Gasteiger partial charge on any atom is -0.507 e. The van der Waals surface area contributed by atoms with E-state index in [0.29, 0.717) is 25.0 Å². The van der Waals surface area contributed by atoms with Crippen molar-refractivity contribution in [3.63, 3.8) is 0 Å². The number of nitrogens with one attached hydrogen (secondary N) is 1. The first-order chi connectivity index (χ1) is 9.51. The highest BCUT2D eigenvalue weighted by atomic mass is 16.5. The highest BCUT2D eigenvalue weighted by Crippen LogP contribution is 2.27. The average Bonchev–Trinajstić information content (AvgIpc) is 2.88. The molecule has 2 rings (SSSR count). The smallest absolute Gasteiger partial charge is 0.306 e. The molecule has 0 radical (unpaired) electrons. The Hall–Kier alpha value is -2.24. The summed E-state index contributed by atoms with van der Waals surface area (Å²) in [4.78, 5) is 23.0. The van der Waals surface area contributed by atoms with Crippen molar-refractivity contribution < 1.29 is 24.5 Å². The van der Waals surface area contributed by atoms with Crippen molar-refractivity contribution in [3.8, 4) is 11.5 Å². The van der Waals surface area contributed by atoms with E-state index in [1.54, 1.807) is 6.07 Å². The summed E-state index contributed by atoms with van der Waals surface area (Å²) in [5, 5.41) is 21.4. The SMILES string of the molecule is COc1ccc(O)c(C(=O)N[C@@H]2CC[C@H](C(=O)O)C2)c1. The fraction of sp³-hybridized carbons (Fsp3) is 0.429. The molecule has 1 fully saturated rings. The van der Waals surface area contributed by atoms with E-state index in [4.69, 9.17) is 9.84 Å². The van der Waals surface area contributed by atoms with Crippen LogP contribution >= 0.6 is 0 Å². The number of carbonyl (C=O) groups is 2. The van der Waals surface area contributed by atoms with Crippen molar-refractivity contribution in [1.82, 2.24) is 5.32 Å². The Morgan fingerprint density at radius 3 is 2.70 bits per heavy atom. The summed E-state index contributed by atoms with van der Waals surface area (Å²) in [5.74, 6) is -1.30. The molecule has 0 spiro atoms. The van der Waals surface area contributed by atoms with Crippen LogP contribution in [0.25, 0.3) is 0 Å². The Kier molecular flexibility index (Phi) is 4.12. The highest BCUT2D eigenvalue weighted by molar-refractivity contribution is 5.97. The number of phenolic OH excluding ortho intramolecular Hbond substituents is 1. The van der Waals surface area contributed by atoms with Gasteiger partial charge in [-0.05, 0) is 37.5 Å². The molecule has 2 atom stereocenters. The van der Waals surface area contributed by atoms with Crippen molar-refractivity contribution in [2.45, 2.75) is 25.3 Å². The Morgan fingerprint density at radius 2 is 2.10 bits per heavy atom. The number of hydrogen-bond donors (Lipinski definition) is 3. The molecule has 1 amide bonds. The number of hydrogen-bond acceptors (Lipinski definition) is 4. The summed E-state index contributed by atoms with van der Waals surface area (Å²) in [6.07, 6.45) is 1.61. The van der Waals surface area contributed by atoms with Gasteiger partial charge in [0.15, 0.2) is 0 Å². The van der Waals surface area contributed by atoms with E-state index >= 15 is 0 Å². The largest absolute Gasteiger partial charge is 0.507 e. The molecule has 1 aromatic carbocycles. The van der Waals surface area contributed by atoms with Gasteiger partial charge < -0.3 is 20.3 Å². The first-order valence-electron chi connectivity index (χ1n) is 6.42. The Balaban J connectivity index is 2.04. The maximum Gasteiger partial charge on any atom is 0.306 e. The molecular weight excluding hydrogens is 262 g/mol. The number of carboxylic acids is 1. The zero-order valence-corrected chi connectivity index (χ0v) is 11.1. The molecule has 0 bridgehead atoms. The number of benzene rings is 1. The fourth-order valence-electron chi connectivity index (χ4n) is 2.42. The van der Waals surface area contributed by atoms with E-state index in [2.05, 4.69) is 5.32 Å². The molecular formula is C14H17NO5. The predicted molar refractivity (Wildman–Crippen MR) is 70.9 cm³/mol. The number of aliphatic carboxylic acids is 1. The number of carbonyl (C=O) groups excluding carboxylic acids is 1. The van der Waals surface area contributed by atoms with Gasteiger partial charge in [-0.2, -0.15) is 0 Å². The lowest BCUT2D eigenvalue weighted by atomic mass is 10.1. The molecule has 108 valence electrons. The Morgan fingerprint density at radius 1 is 1.35 bits per heavy atom. The van der Waals surface area contributed by atoms with Gasteiger partial charge in [0.2, 0.25) is 0 Å². The van der Waals surface area contributed by atoms with Gasteiger partial charge in [-0.3, -0.25) is 9.59 Å². The van der Waals surface area contributed by atoms with Gasteiger partial charge in [0.1, 0.15) is 11.5 Å². The number of amides is 1. The third-order valence-electron chi connectivity index (χ3n) is 3.57. The molecule has 6 heteroatoms. The molecule has 3 N–H and O–H groups in total. The van der Waals surface area contributed by atoms with Crippen LogP contribution in [-0.2, 0) is 4.79 Å². The molecule has 1 saturated carbocycles. The van der Waals surface area contributed by atoms with E-state index in [-0.39, 0.29) is 17.4 Å². The third kappa shape index (κ3) is 3.01. The molecule has 1 aliphatic rings. The Bertz CT molecular complexity index is 528. The maximum atomic E-state index is 12.1. The lowest BCUT2D eigenvalue weighted by molar-refractivity contribution is -0.141. The number of aromatic hydroxyl groups is 1. The molecule has 0 heterocycles. The molecule has 0 unspecified atom stereocenters. The van der Waals surface area contributed by atoms with E-state index in [1.165, 1.54) is 19.2 Å². The number of phenols is 1. The average molecular weight is 279 g/mol. The van der Waals surface area contributed by atoms with Crippen LogP contribution in [-0.4, -0.2) is 35.2 Å². The lowest BCUT2D eigenvalue weighted by Gasteiger charge is -2.13. The fourth-order valence-corrected chi connectivity index (χ4v) is 2.42. The summed E-state index contributed by atoms with van der Waals surface area (Å²) in [7, 11) is 1.47. The van der Waals surface area contributed by atoms with Crippen molar-refractivity contribution in [1.29, 1.82) is 0 Å². The van der Waals surface area contributed by atoms with Gasteiger partial charge in [-0.1, -0.05) is 0 Å². The van der Waals surface area contributed by atoms with Crippen LogP contribution in [0.2, 0.25) is 0 Å². The molecule has 20 heavy (non-hydrogen) atoms. The highest BCUT2D eigenvalue weighted by Gasteiger charge is 2.31. The molecule has 0 saturated heterocycles. The first-order valence-corrected chi connectivity index (χ1v) is 6.42. The topological polar surface area (TPSA) is 95.9 Å². The van der Waals surface area contributed by atoms with Gasteiger partial charge in [0.25, 0.3) is 5.91 Å². The lowest BCUT2D eigenvalue weighted by Crippen LogP contribution is -2.33. The second-order valence-electron chi connectivity index (χ2n) is 4.90. The third-order valence-corrected chi connectivity index (χ3v) is 3.57. The quantitative estimate of drug-likeness (QED) is 0.774. The zero-order valence-electron chi connectivity index (χ0n) is 11.1. The standard InChI is InChI=1S/C14H17NO5/c1-20-10-4-5-12(16)11(7-10)13(17)15-9-3-2-8(6-9)14(18)19/h4-5,7-9,16H,2-3,6H2,1H3,(H,15,17)(H,18,19)/t8-,9+/m0/s1. The van der Waals surface area contributed by atoms with Crippen molar-refractivity contribution >= 4 is 11.9 Å². The van der Waals surface area contributed by atoms with Crippen molar-refractivity contribution in [2.24, 2.45) is 5.92 Å². The van der Waals surface area contributed by atoms with E-state index < -0.39 is 17.8 Å². The minimum absolute atomic E-state index is 0.128. The first kappa shape index (κ1) is 14.2. The van der Waals surface area contributed by atoms with E-state index in [9.17, 15) is 14.7 Å². The van der Waals surface area contributed by atoms with Crippen LogP contribution < -0.4 is 10.1 Å². The molecule has 1 aromatic rings. The monoisotopic (exact) mass is 279 g/mol. The van der Waals surface area contributed by atoms with Crippen LogP contribution in [0.1, 0.15) is 29.6 Å². The second kappa shape index (κ2) is 5.81. The van der Waals surface area contributed by atoms with Crippen LogP contribution in [0.3, 0.4) is 0 Å². The zero-order chi connectivity index (χ0) is 14.7. The van der Waals surface area contributed by atoms with Gasteiger partial charge in [0.05, 0.1) is 18.6 Å². The number of ether oxygens (including phenoxy) is 1. The van der Waals surface area contributed by atoms with E-state index in [0.717, 1.165) is 0 Å². The second-order valence-corrected chi connectivity index (χ2v) is 4.90. The summed E-state index contributed by atoms with van der Waals surface area (Å²) in [6.45, 7) is 0. The van der Waals surface area contributed by atoms with E-state index in [1.807, 2.05) is 0 Å². The van der Waals surface area contributed by atoms with Crippen molar-refractivity contribution in [3.05, 3.63) is 23.8 Å². The maximum absolute atomic E-state index is 12.1. The van der Waals surface area contributed by atoms with Crippen LogP contribution in [0.5, 0.6) is 11.5 Å². The normalized spacial score (nSPS) is 21.4. The summed E-state index contributed by atoms with van der Waals surface area (Å²) in [5.41, 5.74) is 0.128. The van der Waals surface area contributed by atoms with Crippen LogP contribution in [0.4, 0.5) is 0 Å². The summed E-state index contributed by atoms with van der Waals surface area (Å²) < 4.78 is 5.01. The molecule has 0 aromatic heterocycles. The van der Waals surface area contributed by atoms with Gasteiger partial charge in [-0.25, -0.2) is 0 Å². The summed E-state index contributed by atoms with van der Waals surface area (Å²) >= 11 is 0. The van der Waals surface area contributed by atoms with Crippen molar-refractivity contribution in [2.75, 3.05) is 7.11 Å². The van der Waals surface area contributed by atoms with Gasteiger partial charge in [0, 0.05) is 6.04 Å².